The van der Waals surface area contributed by atoms with Gasteiger partial charge in [-0.1, -0.05) is 25.1 Å². The van der Waals surface area contributed by atoms with E-state index in [0.29, 0.717) is 6.54 Å². The summed E-state index contributed by atoms with van der Waals surface area (Å²) in [7, 11) is 0. The maximum atomic E-state index is 11.5. The van der Waals surface area contributed by atoms with Crippen LogP contribution >= 0.6 is 0 Å². The molecule has 2 rings (SSSR count). The Balaban J connectivity index is 1.76. The molecule has 1 aliphatic heterocycles. The van der Waals surface area contributed by atoms with Gasteiger partial charge in [-0.15, -0.1) is 0 Å². The molecule has 4 nitrogen and oxygen atoms in total. The molecule has 1 saturated heterocycles. The number of nitrogens with one attached hydrogen (secondary N) is 2. The number of para-hydroxylation sites is 1. The van der Waals surface area contributed by atoms with Gasteiger partial charge < -0.3 is 15.4 Å². The van der Waals surface area contributed by atoms with Crippen LogP contribution in [0, 0.1) is 5.41 Å². The predicted molar refractivity (Wildman–Crippen MR) is 62.4 cm³/mol. The minimum Gasteiger partial charge on any atom is -0.380 e. The Bertz CT molecular complexity index is 361. The molecule has 0 aliphatic carbocycles. The highest BCUT2D eigenvalue weighted by Gasteiger charge is 2.33. The molecule has 0 radical (unpaired) electrons. The number of carbonyl (C=O) groups is 1. The number of benzene rings is 1. The zero-order valence-corrected chi connectivity index (χ0v) is 9.32. The Morgan fingerprint density at radius 1 is 1.38 bits per heavy atom. The van der Waals surface area contributed by atoms with Crippen molar-refractivity contribution in [2.45, 2.75) is 6.92 Å². The van der Waals surface area contributed by atoms with Gasteiger partial charge in [0.15, 0.2) is 0 Å². The highest BCUT2D eigenvalue weighted by molar-refractivity contribution is 5.89. The average Bonchev–Trinajstić information content (AvgIpc) is 2.25. The lowest BCUT2D eigenvalue weighted by Crippen LogP contribution is -2.49. The molecule has 1 aromatic carbocycles. The van der Waals surface area contributed by atoms with Gasteiger partial charge in [0.1, 0.15) is 0 Å². The quantitative estimate of drug-likeness (QED) is 0.816. The largest absolute Gasteiger partial charge is 0.380 e. The van der Waals surface area contributed by atoms with Crippen LogP contribution in [-0.2, 0) is 4.74 Å². The number of hydrogen-bond acceptors (Lipinski definition) is 2. The van der Waals surface area contributed by atoms with E-state index >= 15 is 0 Å². The summed E-state index contributed by atoms with van der Waals surface area (Å²) < 4.78 is 5.12. The van der Waals surface area contributed by atoms with E-state index in [9.17, 15) is 4.79 Å². The second-order valence-corrected chi connectivity index (χ2v) is 4.48. The molecule has 1 heterocycles. The zero-order chi connectivity index (χ0) is 11.4. The van der Waals surface area contributed by atoms with Crippen LogP contribution in [0.4, 0.5) is 10.5 Å². The molecule has 1 aromatic rings. The second-order valence-electron chi connectivity index (χ2n) is 4.48. The lowest BCUT2D eigenvalue weighted by molar-refractivity contribution is -0.0974. The van der Waals surface area contributed by atoms with Crippen molar-refractivity contribution in [3.8, 4) is 0 Å². The summed E-state index contributed by atoms with van der Waals surface area (Å²) in [6.45, 7) is 4.18. The van der Waals surface area contributed by atoms with Gasteiger partial charge in [-0.25, -0.2) is 4.79 Å². The van der Waals surface area contributed by atoms with Crippen LogP contribution in [0.3, 0.4) is 0 Å². The van der Waals surface area contributed by atoms with Crippen LogP contribution in [0.5, 0.6) is 0 Å². The van der Waals surface area contributed by atoms with Crippen molar-refractivity contribution >= 4 is 11.7 Å². The Hall–Kier alpha value is -1.55. The topological polar surface area (TPSA) is 50.4 Å². The van der Waals surface area contributed by atoms with E-state index in [1.807, 2.05) is 30.3 Å². The predicted octanol–water partition coefficient (Wildman–Crippen LogP) is 1.84. The molecular formula is C12H16N2O2. The molecule has 0 atom stereocenters. The Morgan fingerprint density at radius 3 is 2.62 bits per heavy atom. The number of hydrogen-bond donors (Lipinski definition) is 2. The first-order valence-corrected chi connectivity index (χ1v) is 5.36. The molecule has 0 bridgehead atoms. The van der Waals surface area contributed by atoms with Crippen LogP contribution in [0.2, 0.25) is 0 Å². The number of carbonyl (C=O) groups excluding carboxylic acids is 1. The first-order chi connectivity index (χ1) is 7.68. The average molecular weight is 220 g/mol. The van der Waals surface area contributed by atoms with Crippen molar-refractivity contribution in [1.82, 2.24) is 5.32 Å². The van der Waals surface area contributed by atoms with E-state index in [4.69, 9.17) is 4.74 Å². The summed E-state index contributed by atoms with van der Waals surface area (Å²) in [5.74, 6) is 0. The lowest BCUT2D eigenvalue weighted by atomic mass is 9.89. The molecule has 2 N–H and O–H groups in total. The molecule has 0 saturated carbocycles. The van der Waals surface area contributed by atoms with Gasteiger partial charge in [-0.3, -0.25) is 0 Å². The molecule has 16 heavy (non-hydrogen) atoms. The molecule has 1 fully saturated rings. The maximum absolute atomic E-state index is 11.5. The normalized spacial score (nSPS) is 17.3. The Kier molecular flexibility index (Phi) is 3.10. The molecule has 2 amide bonds. The van der Waals surface area contributed by atoms with E-state index in [1.54, 1.807) is 0 Å². The van der Waals surface area contributed by atoms with E-state index < -0.39 is 0 Å². The summed E-state index contributed by atoms with van der Waals surface area (Å²) in [4.78, 5) is 11.5. The fraction of sp³-hybridized carbons (Fsp3) is 0.417. The van der Waals surface area contributed by atoms with Crippen molar-refractivity contribution in [3.05, 3.63) is 30.3 Å². The van der Waals surface area contributed by atoms with Gasteiger partial charge in [0.05, 0.1) is 13.2 Å². The van der Waals surface area contributed by atoms with Gasteiger partial charge in [-0.05, 0) is 12.1 Å². The summed E-state index contributed by atoms with van der Waals surface area (Å²) in [5, 5.41) is 5.62. The van der Waals surface area contributed by atoms with Gasteiger partial charge in [-0.2, -0.15) is 0 Å². The van der Waals surface area contributed by atoms with Gasteiger partial charge in [0, 0.05) is 17.6 Å². The van der Waals surface area contributed by atoms with E-state index in [0.717, 1.165) is 18.9 Å². The second kappa shape index (κ2) is 4.53. The number of ether oxygens (including phenoxy) is 1. The fourth-order valence-electron chi connectivity index (χ4n) is 1.54. The molecule has 0 unspecified atom stereocenters. The van der Waals surface area contributed by atoms with Crippen LogP contribution in [-0.4, -0.2) is 25.8 Å². The minimum atomic E-state index is -0.167. The number of rotatable bonds is 3. The third-order valence-corrected chi connectivity index (χ3v) is 2.61. The highest BCUT2D eigenvalue weighted by Crippen LogP contribution is 2.24. The molecular weight excluding hydrogens is 204 g/mol. The Morgan fingerprint density at radius 2 is 2.06 bits per heavy atom. The third-order valence-electron chi connectivity index (χ3n) is 2.61. The first-order valence-electron chi connectivity index (χ1n) is 5.36. The smallest absolute Gasteiger partial charge is 0.319 e. The fourth-order valence-corrected chi connectivity index (χ4v) is 1.54. The molecule has 4 heteroatoms. The molecule has 0 aromatic heterocycles. The summed E-state index contributed by atoms with van der Waals surface area (Å²) in [6.07, 6.45) is 0. The van der Waals surface area contributed by atoms with E-state index in [1.165, 1.54) is 0 Å². The number of urea groups is 1. The van der Waals surface area contributed by atoms with Crippen LogP contribution < -0.4 is 10.6 Å². The summed E-state index contributed by atoms with van der Waals surface area (Å²) >= 11 is 0. The standard InChI is InChI=1S/C12H16N2O2/c1-12(8-16-9-12)7-13-11(15)14-10-5-3-2-4-6-10/h2-6H,7-9H2,1H3,(H2,13,14,15). The number of anilines is 1. The molecule has 86 valence electrons. The van der Waals surface area contributed by atoms with Crippen molar-refractivity contribution in [3.63, 3.8) is 0 Å². The Labute approximate surface area is 95.0 Å². The highest BCUT2D eigenvalue weighted by atomic mass is 16.5. The van der Waals surface area contributed by atoms with Gasteiger partial charge >= 0.3 is 6.03 Å². The van der Waals surface area contributed by atoms with Crippen LogP contribution in [0.25, 0.3) is 0 Å². The van der Waals surface area contributed by atoms with Crippen molar-refractivity contribution in [2.75, 3.05) is 25.1 Å². The van der Waals surface area contributed by atoms with Crippen molar-refractivity contribution in [1.29, 1.82) is 0 Å². The lowest BCUT2D eigenvalue weighted by Gasteiger charge is -2.37. The molecule has 0 spiro atoms. The van der Waals surface area contributed by atoms with Crippen LogP contribution in [0.15, 0.2) is 30.3 Å². The van der Waals surface area contributed by atoms with E-state index in [2.05, 4.69) is 17.6 Å². The van der Waals surface area contributed by atoms with Crippen molar-refractivity contribution in [2.24, 2.45) is 5.41 Å². The van der Waals surface area contributed by atoms with Crippen molar-refractivity contribution < 1.29 is 9.53 Å². The van der Waals surface area contributed by atoms with Crippen LogP contribution in [0.1, 0.15) is 6.92 Å². The monoisotopic (exact) mass is 220 g/mol. The third kappa shape index (κ3) is 2.73. The first kappa shape index (κ1) is 11.0. The molecule has 1 aliphatic rings. The number of amides is 2. The van der Waals surface area contributed by atoms with Gasteiger partial charge in [0.25, 0.3) is 0 Å². The zero-order valence-electron chi connectivity index (χ0n) is 9.32. The summed E-state index contributed by atoms with van der Waals surface area (Å²) in [5.41, 5.74) is 0.906. The minimum absolute atomic E-state index is 0.105. The SMILES string of the molecule is CC1(CNC(=O)Nc2ccccc2)COC1. The van der Waals surface area contributed by atoms with Gasteiger partial charge in [0.2, 0.25) is 0 Å². The summed E-state index contributed by atoms with van der Waals surface area (Å²) in [6, 6.07) is 9.23. The maximum Gasteiger partial charge on any atom is 0.319 e. The van der Waals surface area contributed by atoms with E-state index in [-0.39, 0.29) is 11.4 Å².